The number of nitrogens with zero attached hydrogens (tertiary/aromatic N) is 6. The van der Waals surface area contributed by atoms with E-state index in [-0.39, 0.29) is 32.4 Å². The van der Waals surface area contributed by atoms with E-state index in [1.807, 2.05) is 9.80 Å². The van der Waals surface area contributed by atoms with Gasteiger partial charge in [-0.2, -0.15) is 8.42 Å². The third-order valence-corrected chi connectivity index (χ3v) is 8.99. The standard InChI is InChI=1S/C25H21ClF2N6O3S/c1-15(35)16-2-4-18(5-3-16)38(36,37)34-22-20(28)7-6-19(26)21(22)23(31-34)33-11-10-32(14-25(33)8-9-25)24-29-12-17(27)13-30-24/h2-7,12-13H,8-11,14H2,1H3. The number of carbonyl (C=O) groups excluding carboxylic acids is 1. The monoisotopic (exact) mass is 558 g/mol. The van der Waals surface area contributed by atoms with Gasteiger partial charge in [-0.1, -0.05) is 23.7 Å². The van der Waals surface area contributed by atoms with Gasteiger partial charge in [0.15, 0.2) is 23.2 Å². The summed E-state index contributed by atoms with van der Waals surface area (Å²) < 4.78 is 56.6. The minimum Gasteiger partial charge on any atom is -0.345 e. The Kier molecular flexibility index (Phi) is 5.65. The van der Waals surface area contributed by atoms with Gasteiger partial charge in [-0.15, -0.1) is 9.19 Å². The molecule has 2 aromatic heterocycles. The number of Topliss-reactive ketones (excluding diaryl/α,β-unsaturated/α-hetero) is 1. The molecule has 13 heteroatoms. The Morgan fingerprint density at radius 2 is 1.71 bits per heavy atom. The minimum atomic E-state index is -4.34. The Balaban J connectivity index is 1.44. The number of halogens is 3. The van der Waals surface area contributed by atoms with Crippen LogP contribution in [0.1, 0.15) is 30.1 Å². The first-order chi connectivity index (χ1) is 18.1. The van der Waals surface area contributed by atoms with Crippen LogP contribution in [0.2, 0.25) is 5.02 Å². The zero-order valence-corrected chi connectivity index (χ0v) is 21.7. The molecule has 0 N–H and O–H groups in total. The fraction of sp³-hybridized carbons (Fsp3) is 0.280. The summed E-state index contributed by atoms with van der Waals surface area (Å²) in [5, 5.41) is 4.82. The lowest BCUT2D eigenvalue weighted by Crippen LogP contribution is -2.56. The van der Waals surface area contributed by atoms with E-state index in [1.165, 1.54) is 37.3 Å². The molecule has 0 radical (unpaired) electrons. The first-order valence-electron chi connectivity index (χ1n) is 11.8. The molecular weight excluding hydrogens is 538 g/mol. The van der Waals surface area contributed by atoms with Gasteiger partial charge in [0.1, 0.15) is 5.52 Å². The van der Waals surface area contributed by atoms with E-state index in [1.54, 1.807) is 0 Å². The summed E-state index contributed by atoms with van der Waals surface area (Å²) in [4.78, 5) is 23.6. The molecule has 6 rings (SSSR count). The molecule has 0 unspecified atom stereocenters. The van der Waals surface area contributed by atoms with Crippen LogP contribution in [0.3, 0.4) is 0 Å². The quantitative estimate of drug-likeness (QED) is 0.338. The lowest BCUT2D eigenvalue weighted by molar-refractivity contribution is 0.101. The van der Waals surface area contributed by atoms with Crippen molar-refractivity contribution in [2.24, 2.45) is 0 Å². The topological polar surface area (TPSA) is 101 Å². The van der Waals surface area contributed by atoms with Crippen molar-refractivity contribution in [3.8, 4) is 0 Å². The summed E-state index contributed by atoms with van der Waals surface area (Å²) in [6, 6.07) is 7.89. The zero-order chi connectivity index (χ0) is 26.8. The second-order valence-corrected chi connectivity index (χ2v) is 11.7. The summed E-state index contributed by atoms with van der Waals surface area (Å²) in [6.45, 7) is 2.74. The van der Waals surface area contributed by atoms with Gasteiger partial charge in [-0.25, -0.2) is 18.7 Å². The predicted molar refractivity (Wildman–Crippen MR) is 137 cm³/mol. The number of rotatable bonds is 5. The van der Waals surface area contributed by atoms with E-state index >= 15 is 4.39 Å². The van der Waals surface area contributed by atoms with Crippen molar-refractivity contribution < 1.29 is 22.0 Å². The highest BCUT2D eigenvalue weighted by Crippen LogP contribution is 2.49. The Morgan fingerprint density at radius 3 is 2.34 bits per heavy atom. The highest BCUT2D eigenvalue weighted by atomic mass is 35.5. The summed E-state index contributed by atoms with van der Waals surface area (Å²) in [5.41, 5.74) is -0.309. The van der Waals surface area contributed by atoms with E-state index in [2.05, 4.69) is 15.1 Å². The van der Waals surface area contributed by atoms with Gasteiger partial charge in [-0.05, 0) is 44.0 Å². The Labute approximate surface area is 221 Å². The van der Waals surface area contributed by atoms with Crippen LogP contribution in [-0.2, 0) is 10.0 Å². The summed E-state index contributed by atoms with van der Waals surface area (Å²) >= 11 is 6.53. The molecule has 0 bridgehead atoms. The molecule has 9 nitrogen and oxygen atoms in total. The number of piperazine rings is 1. The van der Waals surface area contributed by atoms with Crippen LogP contribution >= 0.6 is 11.6 Å². The molecule has 0 amide bonds. The lowest BCUT2D eigenvalue weighted by Gasteiger charge is -2.42. The molecule has 1 spiro atoms. The maximum atomic E-state index is 15.2. The van der Waals surface area contributed by atoms with Crippen molar-refractivity contribution in [3.63, 3.8) is 0 Å². The number of benzene rings is 2. The average Bonchev–Trinajstić information content (AvgIpc) is 3.53. The number of fused-ring (bicyclic) bond motifs is 1. The van der Waals surface area contributed by atoms with Crippen LogP contribution in [0.4, 0.5) is 20.5 Å². The van der Waals surface area contributed by atoms with Gasteiger partial charge in [0.2, 0.25) is 5.95 Å². The third kappa shape index (κ3) is 3.90. The normalized spacial score (nSPS) is 16.8. The second kappa shape index (κ2) is 8.70. The van der Waals surface area contributed by atoms with Crippen LogP contribution in [0.15, 0.2) is 53.7 Å². The average molecular weight is 559 g/mol. The Bertz CT molecular complexity index is 1690. The number of anilines is 2. The molecule has 38 heavy (non-hydrogen) atoms. The number of carbonyl (C=O) groups is 1. The molecular formula is C25H21ClF2N6O3S. The molecule has 1 saturated heterocycles. The predicted octanol–water partition coefficient (Wildman–Crippen LogP) is 4.06. The van der Waals surface area contributed by atoms with Gasteiger partial charge in [0.25, 0.3) is 10.0 Å². The van der Waals surface area contributed by atoms with Crippen molar-refractivity contribution in [2.45, 2.75) is 30.2 Å². The smallest absolute Gasteiger partial charge is 0.283 e. The fourth-order valence-electron chi connectivity index (χ4n) is 4.97. The SMILES string of the molecule is CC(=O)c1ccc(S(=O)(=O)n2nc(N3CCN(c4ncc(F)cn4)CC34CC4)c3c(Cl)ccc(F)c32)cc1. The Hall–Kier alpha value is -3.64. The van der Waals surface area contributed by atoms with Crippen molar-refractivity contribution in [1.29, 1.82) is 0 Å². The molecule has 196 valence electrons. The van der Waals surface area contributed by atoms with E-state index < -0.39 is 27.2 Å². The van der Waals surface area contributed by atoms with Crippen molar-refractivity contribution in [1.82, 2.24) is 19.2 Å². The maximum absolute atomic E-state index is 15.2. The van der Waals surface area contributed by atoms with E-state index in [0.717, 1.165) is 31.3 Å². The molecule has 2 aliphatic rings. The van der Waals surface area contributed by atoms with Crippen LogP contribution in [-0.4, -0.2) is 58.5 Å². The molecule has 1 aliphatic heterocycles. The fourth-order valence-corrected chi connectivity index (χ4v) is 6.49. The molecule has 2 fully saturated rings. The van der Waals surface area contributed by atoms with E-state index in [0.29, 0.717) is 35.2 Å². The number of hydrogen-bond donors (Lipinski definition) is 0. The van der Waals surface area contributed by atoms with E-state index in [9.17, 15) is 17.6 Å². The summed E-state index contributed by atoms with van der Waals surface area (Å²) in [5.74, 6) is -0.855. The summed E-state index contributed by atoms with van der Waals surface area (Å²) in [6.07, 6.45) is 3.79. The van der Waals surface area contributed by atoms with E-state index in [4.69, 9.17) is 11.6 Å². The van der Waals surface area contributed by atoms with Crippen LogP contribution in [0, 0.1) is 11.6 Å². The van der Waals surface area contributed by atoms with Crippen LogP contribution in [0.25, 0.3) is 10.9 Å². The molecule has 4 aromatic rings. The molecule has 1 saturated carbocycles. The molecule has 1 aliphatic carbocycles. The van der Waals surface area contributed by atoms with Crippen molar-refractivity contribution in [2.75, 3.05) is 29.4 Å². The van der Waals surface area contributed by atoms with Crippen LogP contribution < -0.4 is 9.80 Å². The molecule has 3 heterocycles. The van der Waals surface area contributed by atoms with Crippen molar-refractivity contribution in [3.05, 3.63) is 71.0 Å². The summed E-state index contributed by atoms with van der Waals surface area (Å²) in [7, 11) is -4.34. The van der Waals surface area contributed by atoms with Crippen molar-refractivity contribution >= 4 is 50.1 Å². The second-order valence-electron chi connectivity index (χ2n) is 9.50. The minimum absolute atomic E-state index is 0.141. The highest BCUT2D eigenvalue weighted by Gasteiger charge is 2.53. The van der Waals surface area contributed by atoms with Gasteiger partial charge in [-0.3, -0.25) is 4.79 Å². The van der Waals surface area contributed by atoms with Gasteiger partial charge >= 0.3 is 0 Å². The van der Waals surface area contributed by atoms with Crippen LogP contribution in [0.5, 0.6) is 0 Å². The van der Waals surface area contributed by atoms with Gasteiger partial charge in [0.05, 0.1) is 33.2 Å². The lowest BCUT2D eigenvalue weighted by atomic mass is 10.1. The highest BCUT2D eigenvalue weighted by molar-refractivity contribution is 7.90. The van der Waals surface area contributed by atoms with Gasteiger partial charge in [0, 0.05) is 25.2 Å². The number of hydrogen-bond acceptors (Lipinski definition) is 8. The molecule has 2 aromatic carbocycles. The first-order valence-corrected chi connectivity index (χ1v) is 13.7. The first kappa shape index (κ1) is 24.7. The Morgan fingerprint density at radius 1 is 1.03 bits per heavy atom. The van der Waals surface area contributed by atoms with Gasteiger partial charge < -0.3 is 9.80 Å². The third-order valence-electron chi connectivity index (χ3n) is 7.09. The molecule has 0 atom stereocenters. The zero-order valence-electron chi connectivity index (χ0n) is 20.1. The maximum Gasteiger partial charge on any atom is 0.283 e. The number of ketones is 1. The largest absolute Gasteiger partial charge is 0.345 e. The number of aromatic nitrogens is 4.